The number of nitrogens with zero attached hydrogens (tertiary/aromatic N) is 3. The lowest BCUT2D eigenvalue weighted by Gasteiger charge is -2.21. The SMILES string of the molecule is N#Cc1ccc(-c2cc(-c3ccc(-c4c5ccccc5c(-c5ccccc5)c5c4ccc4ccccc45)c4ccccc34)nc(-c3ccccc3)n2)cc1. The van der Waals surface area contributed by atoms with E-state index >= 15 is 0 Å². The molecule has 0 unspecified atom stereocenters. The van der Waals surface area contributed by atoms with Crippen molar-refractivity contribution in [3.63, 3.8) is 0 Å². The summed E-state index contributed by atoms with van der Waals surface area (Å²) >= 11 is 0. The van der Waals surface area contributed by atoms with Gasteiger partial charge < -0.3 is 0 Å². The third-order valence-electron chi connectivity index (χ3n) is 10.5. The van der Waals surface area contributed by atoms with Crippen molar-refractivity contribution in [2.24, 2.45) is 0 Å². The van der Waals surface area contributed by atoms with E-state index in [9.17, 15) is 5.26 Å². The number of rotatable bonds is 5. The van der Waals surface area contributed by atoms with Crippen LogP contribution in [-0.4, -0.2) is 9.97 Å². The summed E-state index contributed by atoms with van der Waals surface area (Å²) in [7, 11) is 0. The van der Waals surface area contributed by atoms with Crippen LogP contribution in [0.4, 0.5) is 0 Å². The first-order valence-electron chi connectivity index (χ1n) is 18.1. The van der Waals surface area contributed by atoms with Gasteiger partial charge in [0.2, 0.25) is 0 Å². The predicted molar refractivity (Wildman–Crippen MR) is 224 cm³/mol. The molecule has 1 heterocycles. The Hall–Kier alpha value is -7.41. The number of aromatic nitrogens is 2. The minimum absolute atomic E-state index is 0.614. The number of nitriles is 1. The zero-order chi connectivity index (χ0) is 36.0. The molecule has 0 amide bonds. The Balaban J connectivity index is 1.26. The van der Waals surface area contributed by atoms with E-state index in [0.29, 0.717) is 11.4 Å². The van der Waals surface area contributed by atoms with Gasteiger partial charge in [0.15, 0.2) is 5.82 Å². The highest BCUT2D eigenvalue weighted by atomic mass is 14.9. The van der Waals surface area contributed by atoms with Crippen molar-refractivity contribution in [1.29, 1.82) is 5.26 Å². The second kappa shape index (κ2) is 13.0. The smallest absolute Gasteiger partial charge is 0.160 e. The zero-order valence-corrected chi connectivity index (χ0v) is 29.2. The molecule has 0 atom stereocenters. The molecule has 0 fully saturated rings. The molecular weight excluding hydrogens is 655 g/mol. The van der Waals surface area contributed by atoms with E-state index < -0.39 is 0 Å². The van der Waals surface area contributed by atoms with Gasteiger partial charge in [-0.1, -0.05) is 170 Å². The Bertz CT molecular complexity index is 3090. The fourth-order valence-electron chi connectivity index (χ4n) is 8.05. The average molecular weight is 686 g/mol. The van der Waals surface area contributed by atoms with Crippen LogP contribution in [0.15, 0.2) is 188 Å². The van der Waals surface area contributed by atoms with E-state index in [1.165, 1.54) is 54.6 Å². The maximum Gasteiger partial charge on any atom is 0.160 e. The van der Waals surface area contributed by atoms with Crippen molar-refractivity contribution in [1.82, 2.24) is 9.97 Å². The van der Waals surface area contributed by atoms with Gasteiger partial charge in [-0.05, 0) is 83.5 Å². The van der Waals surface area contributed by atoms with Crippen molar-refractivity contribution in [2.45, 2.75) is 0 Å². The topological polar surface area (TPSA) is 49.6 Å². The first-order valence-corrected chi connectivity index (χ1v) is 18.1. The number of hydrogen-bond acceptors (Lipinski definition) is 3. The van der Waals surface area contributed by atoms with E-state index in [1.807, 2.05) is 54.6 Å². The summed E-state index contributed by atoms with van der Waals surface area (Å²) in [6, 6.07) is 68.2. The predicted octanol–water partition coefficient (Wildman–Crippen LogP) is 13.3. The zero-order valence-electron chi connectivity index (χ0n) is 29.2. The lowest BCUT2D eigenvalue weighted by Crippen LogP contribution is -1.97. The minimum atomic E-state index is 0.614. The molecule has 9 aromatic carbocycles. The Morgan fingerprint density at radius 1 is 0.370 bits per heavy atom. The molecule has 10 rings (SSSR count). The molecule has 54 heavy (non-hydrogen) atoms. The molecule has 250 valence electrons. The lowest BCUT2D eigenvalue weighted by molar-refractivity contribution is 1.18. The third kappa shape index (κ3) is 5.20. The van der Waals surface area contributed by atoms with Gasteiger partial charge in [0, 0.05) is 16.7 Å². The lowest BCUT2D eigenvalue weighted by atomic mass is 9.82. The highest BCUT2D eigenvalue weighted by molar-refractivity contribution is 6.29. The quantitative estimate of drug-likeness (QED) is 0.134. The fourth-order valence-corrected chi connectivity index (χ4v) is 8.05. The Morgan fingerprint density at radius 2 is 0.926 bits per heavy atom. The first-order chi connectivity index (χ1) is 26.7. The molecule has 0 spiro atoms. The van der Waals surface area contributed by atoms with Gasteiger partial charge >= 0.3 is 0 Å². The van der Waals surface area contributed by atoms with Gasteiger partial charge in [-0.15, -0.1) is 0 Å². The summed E-state index contributed by atoms with van der Waals surface area (Å²) in [4.78, 5) is 10.2. The van der Waals surface area contributed by atoms with E-state index in [-0.39, 0.29) is 0 Å². The molecule has 1 aromatic heterocycles. The average Bonchev–Trinajstić information content (AvgIpc) is 3.25. The second-order valence-electron chi connectivity index (χ2n) is 13.6. The standard InChI is InChI=1S/C51H31N3/c52-32-33-23-25-35(26-24-33)46-31-47(54-51(53-46)37-16-5-2-6-17-37)41-29-30-44(40-20-10-9-19-39(40)41)49-43-22-12-11-21-42(43)48(36-14-3-1-4-15-36)50-38-18-8-7-13-34(38)27-28-45(49)50/h1-31H. The van der Waals surface area contributed by atoms with Crippen LogP contribution in [0.5, 0.6) is 0 Å². The van der Waals surface area contributed by atoms with Crippen molar-refractivity contribution in [3.05, 3.63) is 194 Å². The van der Waals surface area contributed by atoms with Gasteiger partial charge in [-0.3, -0.25) is 0 Å². The molecular formula is C51H31N3. The summed E-state index contributed by atoms with van der Waals surface area (Å²) in [6.07, 6.45) is 0. The molecule has 0 aliphatic heterocycles. The van der Waals surface area contributed by atoms with Gasteiger partial charge in [0.1, 0.15) is 0 Å². The Labute approximate surface area is 313 Å². The molecule has 3 heteroatoms. The number of fused-ring (bicyclic) bond motifs is 5. The van der Waals surface area contributed by atoms with Crippen molar-refractivity contribution in [3.8, 4) is 62.2 Å². The van der Waals surface area contributed by atoms with E-state index in [2.05, 4.69) is 140 Å². The minimum Gasteiger partial charge on any atom is -0.228 e. The molecule has 3 nitrogen and oxygen atoms in total. The van der Waals surface area contributed by atoms with Crippen LogP contribution in [0.3, 0.4) is 0 Å². The third-order valence-corrected chi connectivity index (χ3v) is 10.5. The highest BCUT2D eigenvalue weighted by Gasteiger charge is 2.21. The van der Waals surface area contributed by atoms with Crippen LogP contribution in [0, 0.1) is 11.3 Å². The Morgan fingerprint density at radius 3 is 1.63 bits per heavy atom. The molecule has 0 bridgehead atoms. The van der Waals surface area contributed by atoms with Crippen molar-refractivity contribution in [2.75, 3.05) is 0 Å². The molecule has 10 aromatic rings. The first kappa shape index (κ1) is 31.3. The van der Waals surface area contributed by atoms with Crippen molar-refractivity contribution < 1.29 is 0 Å². The number of hydrogen-bond donors (Lipinski definition) is 0. The summed E-state index contributed by atoms with van der Waals surface area (Å²) in [5.74, 6) is 0.654. The van der Waals surface area contributed by atoms with Crippen LogP contribution in [0.2, 0.25) is 0 Å². The summed E-state index contributed by atoms with van der Waals surface area (Å²) in [6.45, 7) is 0. The maximum atomic E-state index is 9.44. The fraction of sp³-hybridized carbons (Fsp3) is 0. The maximum absolute atomic E-state index is 9.44. The Kier molecular flexibility index (Phi) is 7.53. The summed E-state index contributed by atoms with van der Waals surface area (Å²) in [5.41, 5.74) is 10.0. The summed E-state index contributed by atoms with van der Waals surface area (Å²) < 4.78 is 0. The second-order valence-corrected chi connectivity index (χ2v) is 13.6. The molecule has 0 radical (unpaired) electrons. The van der Waals surface area contributed by atoms with Gasteiger partial charge in [-0.25, -0.2) is 9.97 Å². The van der Waals surface area contributed by atoms with Crippen LogP contribution in [0.1, 0.15) is 5.56 Å². The van der Waals surface area contributed by atoms with E-state index in [4.69, 9.17) is 9.97 Å². The monoisotopic (exact) mass is 685 g/mol. The number of benzene rings is 9. The van der Waals surface area contributed by atoms with Crippen LogP contribution in [-0.2, 0) is 0 Å². The largest absolute Gasteiger partial charge is 0.228 e. The normalized spacial score (nSPS) is 11.3. The molecule has 0 saturated heterocycles. The van der Waals surface area contributed by atoms with Crippen molar-refractivity contribution >= 4 is 43.1 Å². The summed E-state index contributed by atoms with van der Waals surface area (Å²) in [5, 5.41) is 19.1. The van der Waals surface area contributed by atoms with Crippen LogP contribution in [0.25, 0.3) is 99.2 Å². The van der Waals surface area contributed by atoms with Gasteiger partial charge in [0.05, 0.1) is 23.0 Å². The molecule has 0 saturated carbocycles. The van der Waals surface area contributed by atoms with Gasteiger partial charge in [0.25, 0.3) is 0 Å². The van der Waals surface area contributed by atoms with E-state index in [1.54, 1.807) is 0 Å². The molecule has 0 aliphatic carbocycles. The van der Waals surface area contributed by atoms with Crippen LogP contribution >= 0.6 is 0 Å². The molecule has 0 N–H and O–H groups in total. The molecule has 0 aliphatic rings. The highest BCUT2D eigenvalue weighted by Crippen LogP contribution is 2.48. The van der Waals surface area contributed by atoms with Gasteiger partial charge in [-0.2, -0.15) is 5.26 Å². The van der Waals surface area contributed by atoms with Crippen LogP contribution < -0.4 is 0 Å². The van der Waals surface area contributed by atoms with E-state index in [0.717, 1.165) is 38.9 Å².